The molecule has 2 heterocycles. The maximum Gasteiger partial charge on any atom is 0.276 e. The van der Waals surface area contributed by atoms with Crippen LogP contribution in [0.5, 0.6) is 0 Å². The molecule has 12 heteroatoms. The van der Waals surface area contributed by atoms with Crippen molar-refractivity contribution in [2.45, 2.75) is 51.1 Å². The summed E-state index contributed by atoms with van der Waals surface area (Å²) in [6.45, 7) is 5.40. The van der Waals surface area contributed by atoms with Gasteiger partial charge < -0.3 is 9.80 Å². The van der Waals surface area contributed by atoms with Gasteiger partial charge in [0.1, 0.15) is 0 Å². The number of amides is 3. The summed E-state index contributed by atoms with van der Waals surface area (Å²) in [5, 5.41) is 6.41. The van der Waals surface area contributed by atoms with Crippen LogP contribution in [0, 0.1) is 6.92 Å². The summed E-state index contributed by atoms with van der Waals surface area (Å²) in [7, 11) is -4.28. The van der Waals surface area contributed by atoms with Crippen molar-refractivity contribution < 1.29 is 22.8 Å². The molecule has 1 aliphatic rings. The van der Waals surface area contributed by atoms with Crippen LogP contribution in [-0.4, -0.2) is 58.8 Å². The van der Waals surface area contributed by atoms with Crippen molar-refractivity contribution in [2.24, 2.45) is 0 Å². The quantitative estimate of drug-likeness (QED) is 0.144. The molecule has 280 valence electrons. The standard InChI is InChI=1S/C43H40ClN5O5S/c1-3-4-23-47(27-30-12-6-5-7-13-30)43(52)40-39(44)29(2)49(45-40)38-21-19-34(26-37(38)42(51)48-24-22-32-15-9-11-17-35(32)28-48)41(50)46-55(53,54)36-20-18-31-14-8-10-16-33(31)25-36/h5-21,25-26H,3-4,22-24,27-28H2,1-2H3,(H,46,50). The highest BCUT2D eigenvalue weighted by Gasteiger charge is 2.30. The van der Waals surface area contributed by atoms with Gasteiger partial charge in [-0.1, -0.05) is 110 Å². The van der Waals surface area contributed by atoms with Crippen LogP contribution in [0.15, 0.2) is 120 Å². The fraction of sp³-hybridized carbons (Fsp3) is 0.209. The van der Waals surface area contributed by atoms with Gasteiger partial charge in [-0.25, -0.2) is 17.8 Å². The van der Waals surface area contributed by atoms with E-state index in [0.29, 0.717) is 49.4 Å². The van der Waals surface area contributed by atoms with E-state index in [1.54, 1.807) is 34.9 Å². The average Bonchev–Trinajstić information content (AvgIpc) is 3.51. The third-order valence-corrected chi connectivity index (χ3v) is 11.7. The number of hydrogen-bond acceptors (Lipinski definition) is 6. The minimum atomic E-state index is -4.28. The fourth-order valence-electron chi connectivity index (χ4n) is 6.86. The third-order valence-electron chi connectivity index (χ3n) is 9.92. The molecule has 0 aliphatic carbocycles. The molecule has 1 N–H and O–H groups in total. The number of sulfonamides is 1. The van der Waals surface area contributed by atoms with Crippen molar-refractivity contribution in [3.8, 4) is 5.69 Å². The highest BCUT2D eigenvalue weighted by atomic mass is 35.5. The van der Waals surface area contributed by atoms with E-state index < -0.39 is 15.9 Å². The molecule has 0 fully saturated rings. The number of fused-ring (bicyclic) bond motifs is 2. The topological polar surface area (TPSA) is 122 Å². The van der Waals surface area contributed by atoms with Crippen molar-refractivity contribution in [1.29, 1.82) is 0 Å². The van der Waals surface area contributed by atoms with Gasteiger partial charge in [-0.05, 0) is 77.6 Å². The summed E-state index contributed by atoms with van der Waals surface area (Å²) < 4.78 is 30.5. The Balaban J connectivity index is 1.25. The average molecular weight is 774 g/mol. The number of benzene rings is 5. The van der Waals surface area contributed by atoms with Crippen LogP contribution in [0.1, 0.15) is 73.4 Å². The number of unbranched alkanes of at least 4 members (excludes halogenated alkanes) is 1. The smallest absolute Gasteiger partial charge is 0.276 e. The van der Waals surface area contributed by atoms with Gasteiger partial charge in [0, 0.05) is 31.7 Å². The Bertz CT molecular complexity index is 2540. The normalized spacial score (nSPS) is 12.7. The molecule has 10 nitrogen and oxygen atoms in total. The van der Waals surface area contributed by atoms with Gasteiger partial charge in [-0.2, -0.15) is 5.10 Å². The summed E-state index contributed by atoms with van der Waals surface area (Å²) >= 11 is 6.87. The second-order valence-electron chi connectivity index (χ2n) is 13.6. The molecule has 0 unspecified atom stereocenters. The number of halogens is 1. The predicted molar refractivity (Wildman–Crippen MR) is 213 cm³/mol. The van der Waals surface area contributed by atoms with Gasteiger partial charge in [-0.15, -0.1) is 0 Å². The molecule has 7 rings (SSSR count). The van der Waals surface area contributed by atoms with Crippen molar-refractivity contribution in [3.05, 3.63) is 159 Å². The highest BCUT2D eigenvalue weighted by Crippen LogP contribution is 2.30. The lowest BCUT2D eigenvalue weighted by Gasteiger charge is -2.29. The monoisotopic (exact) mass is 773 g/mol. The number of nitrogens with one attached hydrogen (secondary N) is 1. The SMILES string of the molecule is CCCCN(Cc1ccccc1)C(=O)c1nn(-c2ccc(C(=O)NS(=O)(=O)c3ccc4ccccc4c3)cc2C(=O)N2CCc3ccccc3C2)c(C)c1Cl. The maximum absolute atomic E-state index is 14.5. The van der Waals surface area contributed by atoms with Crippen LogP contribution in [-0.2, 0) is 29.5 Å². The summed E-state index contributed by atoms with van der Waals surface area (Å²) in [4.78, 5) is 45.6. The first-order valence-corrected chi connectivity index (χ1v) is 20.0. The molecule has 1 aliphatic heterocycles. The first-order chi connectivity index (χ1) is 26.5. The van der Waals surface area contributed by atoms with Crippen LogP contribution in [0.25, 0.3) is 16.5 Å². The number of aromatic nitrogens is 2. The van der Waals surface area contributed by atoms with Crippen LogP contribution in [0.4, 0.5) is 0 Å². The lowest BCUT2D eigenvalue weighted by atomic mass is 9.98. The number of carbonyl (C=O) groups is 3. The Morgan fingerprint density at radius 2 is 1.56 bits per heavy atom. The van der Waals surface area contributed by atoms with Crippen molar-refractivity contribution >= 4 is 50.1 Å². The molecule has 0 atom stereocenters. The van der Waals surface area contributed by atoms with E-state index in [9.17, 15) is 22.8 Å². The largest absolute Gasteiger partial charge is 0.334 e. The number of nitrogens with zero attached hydrogens (tertiary/aromatic N) is 4. The zero-order valence-electron chi connectivity index (χ0n) is 30.5. The molecule has 0 radical (unpaired) electrons. The summed E-state index contributed by atoms with van der Waals surface area (Å²) in [6.07, 6.45) is 2.31. The van der Waals surface area contributed by atoms with E-state index in [1.165, 1.54) is 35.0 Å². The predicted octanol–water partition coefficient (Wildman–Crippen LogP) is 7.75. The summed E-state index contributed by atoms with van der Waals surface area (Å²) in [5.74, 6) is -1.64. The van der Waals surface area contributed by atoms with Crippen molar-refractivity contribution in [3.63, 3.8) is 0 Å². The Hall–Kier alpha value is -5.78. The first kappa shape index (κ1) is 37.5. The van der Waals surface area contributed by atoms with Crippen molar-refractivity contribution in [2.75, 3.05) is 13.1 Å². The molecule has 0 spiro atoms. The van der Waals surface area contributed by atoms with E-state index >= 15 is 0 Å². The van der Waals surface area contributed by atoms with Gasteiger partial charge in [0.05, 0.1) is 26.9 Å². The second-order valence-corrected chi connectivity index (χ2v) is 15.7. The molecule has 0 saturated heterocycles. The summed E-state index contributed by atoms with van der Waals surface area (Å²) in [6, 6.07) is 33.9. The molecule has 6 aromatic rings. The Labute approximate surface area is 325 Å². The van der Waals surface area contributed by atoms with E-state index in [0.717, 1.165) is 34.9 Å². The van der Waals surface area contributed by atoms with E-state index in [1.807, 2.05) is 66.7 Å². The minimum absolute atomic E-state index is 0.0415. The number of carbonyl (C=O) groups excluding carboxylic acids is 3. The zero-order valence-corrected chi connectivity index (χ0v) is 32.1. The highest BCUT2D eigenvalue weighted by molar-refractivity contribution is 7.90. The van der Waals surface area contributed by atoms with Crippen LogP contribution >= 0.6 is 11.6 Å². The molecule has 0 saturated carbocycles. The maximum atomic E-state index is 14.5. The van der Waals surface area contributed by atoms with E-state index in [2.05, 4.69) is 11.6 Å². The van der Waals surface area contributed by atoms with Gasteiger partial charge >= 0.3 is 0 Å². The molecule has 5 aromatic carbocycles. The van der Waals surface area contributed by atoms with Crippen LogP contribution in [0.3, 0.4) is 0 Å². The molecular weight excluding hydrogens is 734 g/mol. The lowest BCUT2D eigenvalue weighted by molar-refractivity contribution is 0.0729. The van der Waals surface area contributed by atoms with Gasteiger partial charge in [-0.3, -0.25) is 14.4 Å². The Morgan fingerprint density at radius 1 is 0.855 bits per heavy atom. The molecule has 3 amide bonds. The molecular formula is C43H40ClN5O5S. The van der Waals surface area contributed by atoms with Crippen LogP contribution < -0.4 is 4.72 Å². The van der Waals surface area contributed by atoms with Crippen molar-refractivity contribution in [1.82, 2.24) is 24.3 Å². The lowest BCUT2D eigenvalue weighted by Crippen LogP contribution is -2.37. The van der Waals surface area contributed by atoms with Crippen LogP contribution in [0.2, 0.25) is 5.02 Å². The zero-order chi connectivity index (χ0) is 38.7. The molecule has 0 bridgehead atoms. The third kappa shape index (κ3) is 7.90. The van der Waals surface area contributed by atoms with Gasteiger partial charge in [0.25, 0.3) is 27.7 Å². The second kappa shape index (κ2) is 15.9. The first-order valence-electron chi connectivity index (χ1n) is 18.2. The fourth-order valence-corrected chi connectivity index (χ4v) is 8.06. The Kier molecular flexibility index (Phi) is 10.9. The number of rotatable bonds is 11. The van der Waals surface area contributed by atoms with E-state index in [4.69, 9.17) is 16.7 Å². The minimum Gasteiger partial charge on any atom is -0.334 e. The van der Waals surface area contributed by atoms with E-state index in [-0.39, 0.29) is 38.6 Å². The molecule has 1 aromatic heterocycles. The summed E-state index contributed by atoms with van der Waals surface area (Å²) in [5.41, 5.74) is 3.94. The van der Waals surface area contributed by atoms with Gasteiger partial charge in [0.15, 0.2) is 5.69 Å². The molecule has 55 heavy (non-hydrogen) atoms. The Morgan fingerprint density at radius 3 is 2.33 bits per heavy atom. The number of hydrogen-bond donors (Lipinski definition) is 1. The van der Waals surface area contributed by atoms with Gasteiger partial charge in [0.2, 0.25) is 0 Å².